The fourth-order valence-corrected chi connectivity index (χ4v) is 1.81. The summed E-state index contributed by atoms with van der Waals surface area (Å²) in [5.41, 5.74) is 0. The van der Waals surface area contributed by atoms with Gasteiger partial charge >= 0.3 is 0 Å². The molecule has 5 nitrogen and oxygen atoms in total. The minimum Gasteiger partial charge on any atom is -0.354 e. The van der Waals surface area contributed by atoms with E-state index in [4.69, 9.17) is 11.6 Å². The average Bonchev–Trinajstić information content (AvgIpc) is 2.36. The molecule has 0 amide bonds. The van der Waals surface area contributed by atoms with Crippen molar-refractivity contribution in [1.29, 1.82) is 0 Å². The van der Waals surface area contributed by atoms with Crippen molar-refractivity contribution in [3.05, 3.63) is 5.28 Å². The van der Waals surface area contributed by atoms with Crippen molar-refractivity contribution in [2.45, 2.75) is 46.6 Å². The van der Waals surface area contributed by atoms with Crippen LogP contribution < -0.4 is 10.2 Å². The third-order valence-electron chi connectivity index (χ3n) is 2.85. The molecule has 0 saturated heterocycles. The van der Waals surface area contributed by atoms with Crippen LogP contribution in [0.4, 0.5) is 11.9 Å². The number of halogens is 1. The van der Waals surface area contributed by atoms with Crippen LogP contribution in [0.25, 0.3) is 0 Å². The van der Waals surface area contributed by atoms with Crippen LogP contribution >= 0.6 is 11.6 Å². The van der Waals surface area contributed by atoms with Gasteiger partial charge in [0.05, 0.1) is 0 Å². The van der Waals surface area contributed by atoms with Crippen molar-refractivity contribution in [3.63, 3.8) is 0 Å². The van der Waals surface area contributed by atoms with E-state index in [0.717, 1.165) is 25.9 Å². The largest absolute Gasteiger partial charge is 0.354 e. The minimum atomic E-state index is 0.236. The highest BCUT2D eigenvalue weighted by atomic mass is 35.5. The number of aromatic nitrogens is 3. The zero-order chi connectivity index (χ0) is 13.5. The molecule has 0 aliphatic carbocycles. The van der Waals surface area contributed by atoms with Gasteiger partial charge in [0.15, 0.2) is 0 Å². The first kappa shape index (κ1) is 15.0. The fraction of sp³-hybridized carbons (Fsp3) is 0.750. The van der Waals surface area contributed by atoms with Crippen molar-refractivity contribution in [2.75, 3.05) is 23.3 Å². The van der Waals surface area contributed by atoms with Gasteiger partial charge in [-0.3, -0.25) is 0 Å². The topological polar surface area (TPSA) is 53.9 Å². The molecule has 1 unspecified atom stereocenters. The van der Waals surface area contributed by atoms with Crippen LogP contribution in [0.1, 0.15) is 40.5 Å². The zero-order valence-corrected chi connectivity index (χ0v) is 12.3. The molecule has 0 radical (unpaired) electrons. The van der Waals surface area contributed by atoms with E-state index in [9.17, 15) is 0 Å². The van der Waals surface area contributed by atoms with Crippen LogP contribution in [-0.4, -0.2) is 34.1 Å². The molecular weight excluding hydrogens is 250 g/mol. The Labute approximate surface area is 114 Å². The summed E-state index contributed by atoms with van der Waals surface area (Å²) in [6.07, 6.45) is 2.05. The molecule has 1 rings (SSSR count). The lowest BCUT2D eigenvalue weighted by molar-refractivity contribution is 0.613. The average molecular weight is 272 g/mol. The SMILES string of the molecule is CCCNc1nc(Cl)nc(N(CC)C(C)CC)n1. The Balaban J connectivity index is 2.95. The third kappa shape index (κ3) is 3.98. The van der Waals surface area contributed by atoms with E-state index < -0.39 is 0 Å². The van der Waals surface area contributed by atoms with Crippen LogP contribution in [0.3, 0.4) is 0 Å². The Kier molecular flexibility index (Phi) is 6.12. The Hall–Kier alpha value is -1.10. The summed E-state index contributed by atoms with van der Waals surface area (Å²) in [6, 6.07) is 0.382. The third-order valence-corrected chi connectivity index (χ3v) is 3.02. The second-order valence-corrected chi connectivity index (χ2v) is 4.54. The lowest BCUT2D eigenvalue weighted by Crippen LogP contribution is -2.34. The molecule has 0 aromatic carbocycles. The monoisotopic (exact) mass is 271 g/mol. The molecule has 0 aliphatic heterocycles. The first-order chi connectivity index (χ1) is 8.62. The summed E-state index contributed by atoms with van der Waals surface area (Å²) in [6.45, 7) is 10.2. The van der Waals surface area contributed by atoms with E-state index in [1.165, 1.54) is 0 Å². The molecule has 6 heteroatoms. The van der Waals surface area contributed by atoms with Crippen LogP contribution in [-0.2, 0) is 0 Å². The number of rotatable bonds is 7. The Bertz CT molecular complexity index is 371. The quantitative estimate of drug-likeness (QED) is 0.826. The summed E-state index contributed by atoms with van der Waals surface area (Å²) in [4.78, 5) is 14.8. The molecular formula is C12H22ClN5. The molecule has 1 atom stereocenters. The Morgan fingerprint density at radius 2 is 1.94 bits per heavy atom. The second-order valence-electron chi connectivity index (χ2n) is 4.20. The van der Waals surface area contributed by atoms with Gasteiger partial charge in [-0.05, 0) is 38.3 Å². The van der Waals surface area contributed by atoms with Gasteiger partial charge in [-0.15, -0.1) is 0 Å². The molecule has 1 heterocycles. The van der Waals surface area contributed by atoms with Crippen molar-refractivity contribution < 1.29 is 0 Å². The van der Waals surface area contributed by atoms with Crippen molar-refractivity contribution in [3.8, 4) is 0 Å². The molecule has 18 heavy (non-hydrogen) atoms. The van der Waals surface area contributed by atoms with E-state index >= 15 is 0 Å². The minimum absolute atomic E-state index is 0.236. The number of nitrogens with zero attached hydrogens (tertiary/aromatic N) is 4. The summed E-state index contributed by atoms with van der Waals surface area (Å²) >= 11 is 5.95. The molecule has 0 bridgehead atoms. The lowest BCUT2D eigenvalue weighted by Gasteiger charge is -2.27. The first-order valence-electron chi connectivity index (χ1n) is 6.54. The Morgan fingerprint density at radius 1 is 1.22 bits per heavy atom. The summed E-state index contributed by atoms with van der Waals surface area (Å²) < 4.78 is 0. The molecule has 1 aromatic heterocycles. The molecule has 1 N–H and O–H groups in total. The van der Waals surface area contributed by atoms with E-state index in [0.29, 0.717) is 17.9 Å². The predicted molar refractivity (Wildman–Crippen MR) is 76.4 cm³/mol. The van der Waals surface area contributed by atoms with Crippen LogP contribution in [0.5, 0.6) is 0 Å². The van der Waals surface area contributed by atoms with Gasteiger partial charge in [0.2, 0.25) is 17.2 Å². The standard InChI is InChI=1S/C12H22ClN5/c1-5-8-14-11-15-10(13)16-12(17-11)18(7-3)9(4)6-2/h9H,5-8H2,1-4H3,(H,14,15,16,17). The molecule has 1 aromatic rings. The number of nitrogens with one attached hydrogen (secondary N) is 1. The van der Waals surface area contributed by atoms with E-state index in [1.54, 1.807) is 0 Å². The molecule has 0 fully saturated rings. The number of hydrogen-bond acceptors (Lipinski definition) is 5. The maximum absolute atomic E-state index is 5.95. The van der Waals surface area contributed by atoms with Gasteiger partial charge in [0.25, 0.3) is 0 Å². The van der Waals surface area contributed by atoms with E-state index in [-0.39, 0.29) is 5.28 Å². The number of hydrogen-bond donors (Lipinski definition) is 1. The van der Waals surface area contributed by atoms with Gasteiger partial charge in [-0.2, -0.15) is 15.0 Å². The molecule has 0 spiro atoms. The summed E-state index contributed by atoms with van der Waals surface area (Å²) in [7, 11) is 0. The molecule has 102 valence electrons. The maximum Gasteiger partial charge on any atom is 0.231 e. The van der Waals surface area contributed by atoms with Crippen LogP contribution in [0.15, 0.2) is 0 Å². The first-order valence-corrected chi connectivity index (χ1v) is 6.92. The summed E-state index contributed by atoms with van der Waals surface area (Å²) in [5, 5.41) is 3.37. The smallest absolute Gasteiger partial charge is 0.231 e. The highest BCUT2D eigenvalue weighted by Crippen LogP contribution is 2.17. The van der Waals surface area contributed by atoms with Crippen molar-refractivity contribution in [2.24, 2.45) is 0 Å². The lowest BCUT2D eigenvalue weighted by atomic mass is 10.2. The second kappa shape index (κ2) is 7.36. The van der Waals surface area contributed by atoms with E-state index in [1.807, 2.05) is 0 Å². The van der Waals surface area contributed by atoms with E-state index in [2.05, 4.69) is 52.9 Å². The fourth-order valence-electron chi connectivity index (χ4n) is 1.65. The molecule has 0 aliphatic rings. The van der Waals surface area contributed by atoms with Crippen molar-refractivity contribution in [1.82, 2.24) is 15.0 Å². The van der Waals surface area contributed by atoms with Gasteiger partial charge in [-0.1, -0.05) is 13.8 Å². The number of anilines is 2. The van der Waals surface area contributed by atoms with Crippen LogP contribution in [0, 0.1) is 0 Å². The highest BCUT2D eigenvalue weighted by molar-refractivity contribution is 6.28. The van der Waals surface area contributed by atoms with Crippen LogP contribution in [0.2, 0.25) is 5.28 Å². The van der Waals surface area contributed by atoms with Gasteiger partial charge in [0.1, 0.15) is 0 Å². The zero-order valence-electron chi connectivity index (χ0n) is 11.6. The van der Waals surface area contributed by atoms with Gasteiger partial charge in [0, 0.05) is 19.1 Å². The highest BCUT2D eigenvalue weighted by Gasteiger charge is 2.15. The predicted octanol–water partition coefficient (Wildman–Crippen LogP) is 2.97. The molecule has 0 saturated carbocycles. The Morgan fingerprint density at radius 3 is 2.50 bits per heavy atom. The maximum atomic E-state index is 5.95. The van der Waals surface area contributed by atoms with Gasteiger partial charge < -0.3 is 10.2 Å². The van der Waals surface area contributed by atoms with Crippen molar-refractivity contribution >= 4 is 23.5 Å². The summed E-state index contributed by atoms with van der Waals surface area (Å²) in [5.74, 6) is 1.19. The normalized spacial score (nSPS) is 12.3. The van der Waals surface area contributed by atoms with Gasteiger partial charge in [-0.25, -0.2) is 0 Å².